The SMILES string of the molecule is CC(C)(C)C(=O)/C=C(\[O-])C(C)(C)C.CC(C)(C)C(=O)/C=C(\[O-])C(C)(C)C.CN(C)c1ccc([O-])cc1.CN(C)c1ccc([O-])cc1.[Ti]. The fourth-order valence-electron chi connectivity index (χ4n) is 2.59. The summed E-state index contributed by atoms with van der Waals surface area (Å²) in [5.74, 6) is -0.295. The molecule has 0 aliphatic heterocycles. The Morgan fingerprint density at radius 2 is 0.702 bits per heavy atom. The molecule has 0 radical (unpaired) electrons. The number of benzene rings is 2. The van der Waals surface area contributed by atoms with Gasteiger partial charge in [0, 0.05) is 72.1 Å². The largest absolute Gasteiger partial charge is 0.875 e. The topological polar surface area (TPSA) is 133 Å². The summed E-state index contributed by atoms with van der Waals surface area (Å²) in [5.41, 5.74) is 0.281. The standard InChI is InChI=1S/2C11H20O2.2C8H11NO.Ti/c2*1-10(2,3)8(12)7-9(13)11(4,5)6;2*1-9(2)7-3-5-8(10)6-4-7;/h2*7,12H,1-6H3;2*3-6,10H,1-2H3;/p-4/b2*8-7-;;;. The third kappa shape index (κ3) is 22.1. The molecule has 8 nitrogen and oxygen atoms in total. The van der Waals surface area contributed by atoms with Gasteiger partial charge in [0.1, 0.15) is 0 Å². The second-order valence-corrected chi connectivity index (χ2v) is 15.5. The average Bonchev–Trinajstić information content (AvgIpc) is 2.88. The number of rotatable bonds is 4. The summed E-state index contributed by atoms with van der Waals surface area (Å²) >= 11 is 0. The molecular formula is C38H58N2O6Ti-4. The van der Waals surface area contributed by atoms with Crippen molar-refractivity contribution in [2.45, 2.75) is 83.1 Å². The van der Waals surface area contributed by atoms with Crippen molar-refractivity contribution in [3.63, 3.8) is 0 Å². The number of allylic oxidation sites excluding steroid dienone is 4. The Labute approximate surface area is 300 Å². The van der Waals surface area contributed by atoms with Crippen molar-refractivity contribution in [3.8, 4) is 11.5 Å². The van der Waals surface area contributed by atoms with Crippen LogP contribution in [0.5, 0.6) is 11.5 Å². The molecule has 2 aromatic rings. The number of nitrogens with zero attached hydrogens (tertiary/aromatic N) is 2. The number of hydrogen-bond donors (Lipinski definition) is 0. The summed E-state index contributed by atoms with van der Waals surface area (Å²) < 4.78 is 0. The Hall–Kier alpha value is -3.23. The van der Waals surface area contributed by atoms with Gasteiger partial charge in [0.05, 0.1) is 0 Å². The first-order valence-electron chi connectivity index (χ1n) is 15.3. The van der Waals surface area contributed by atoms with Crippen LogP contribution in [0.4, 0.5) is 11.4 Å². The van der Waals surface area contributed by atoms with Crippen molar-refractivity contribution in [1.29, 1.82) is 0 Å². The quantitative estimate of drug-likeness (QED) is 0.236. The number of carbonyl (C=O) groups is 2. The minimum Gasteiger partial charge on any atom is -0.875 e. The second-order valence-electron chi connectivity index (χ2n) is 15.5. The van der Waals surface area contributed by atoms with Gasteiger partial charge in [-0.1, -0.05) is 107 Å². The molecule has 0 aliphatic rings. The molecule has 9 heteroatoms. The Morgan fingerprint density at radius 3 is 0.851 bits per heavy atom. The molecule has 0 saturated heterocycles. The van der Waals surface area contributed by atoms with Gasteiger partial charge in [0.25, 0.3) is 0 Å². The second kappa shape index (κ2) is 20.2. The molecule has 0 fully saturated rings. The van der Waals surface area contributed by atoms with Gasteiger partial charge in [0.15, 0.2) is 11.6 Å². The van der Waals surface area contributed by atoms with E-state index < -0.39 is 21.7 Å². The van der Waals surface area contributed by atoms with Crippen LogP contribution in [0, 0.1) is 21.7 Å². The molecule has 47 heavy (non-hydrogen) atoms. The Morgan fingerprint density at radius 1 is 0.489 bits per heavy atom. The molecule has 0 unspecified atom stereocenters. The zero-order chi connectivity index (χ0) is 36.8. The summed E-state index contributed by atoms with van der Waals surface area (Å²) in [6.45, 7) is 21.7. The summed E-state index contributed by atoms with van der Waals surface area (Å²) in [6.07, 6.45) is 2.44. The van der Waals surface area contributed by atoms with Gasteiger partial charge < -0.3 is 30.2 Å². The zero-order valence-electron chi connectivity index (χ0n) is 31.6. The first kappa shape index (κ1) is 48.2. The van der Waals surface area contributed by atoms with Crippen molar-refractivity contribution in [3.05, 3.63) is 72.2 Å². The molecule has 0 saturated carbocycles. The molecule has 2 rings (SSSR count). The molecule has 0 atom stereocenters. The van der Waals surface area contributed by atoms with Crippen molar-refractivity contribution in [1.82, 2.24) is 0 Å². The molecule has 0 heterocycles. The minimum absolute atomic E-state index is 0. The maximum absolute atomic E-state index is 11.4. The van der Waals surface area contributed by atoms with Crippen LogP contribution in [-0.4, -0.2) is 39.8 Å². The van der Waals surface area contributed by atoms with Crippen molar-refractivity contribution >= 4 is 22.9 Å². The van der Waals surface area contributed by atoms with E-state index in [0.717, 1.165) is 11.4 Å². The van der Waals surface area contributed by atoms with Crippen LogP contribution in [-0.2, 0) is 31.3 Å². The van der Waals surface area contributed by atoms with Crippen LogP contribution in [0.3, 0.4) is 0 Å². The Bertz CT molecular complexity index is 1170. The molecule has 0 spiro atoms. The van der Waals surface area contributed by atoms with E-state index in [1.807, 2.05) is 145 Å². The van der Waals surface area contributed by atoms with E-state index in [2.05, 4.69) is 0 Å². The molecular weight excluding hydrogens is 628 g/mol. The Balaban J connectivity index is -0.000000548. The zero-order valence-corrected chi connectivity index (χ0v) is 33.2. The number of anilines is 2. The van der Waals surface area contributed by atoms with Gasteiger partial charge in [-0.3, -0.25) is 9.59 Å². The third-order valence-corrected chi connectivity index (χ3v) is 6.19. The number of hydrogen-bond acceptors (Lipinski definition) is 8. The van der Waals surface area contributed by atoms with Crippen molar-refractivity contribution < 1.29 is 51.7 Å². The molecule has 264 valence electrons. The van der Waals surface area contributed by atoms with Gasteiger partial charge in [-0.2, -0.15) is 0 Å². The summed E-state index contributed by atoms with van der Waals surface area (Å²) in [7, 11) is 7.78. The number of ketones is 2. The molecule has 0 bridgehead atoms. The predicted molar refractivity (Wildman–Crippen MR) is 184 cm³/mol. The van der Waals surface area contributed by atoms with E-state index in [0.29, 0.717) is 0 Å². The maximum atomic E-state index is 11.4. The van der Waals surface area contributed by atoms with Gasteiger partial charge in [-0.15, -0.1) is 23.0 Å². The van der Waals surface area contributed by atoms with Crippen molar-refractivity contribution in [2.24, 2.45) is 21.7 Å². The van der Waals surface area contributed by atoms with E-state index in [1.165, 1.54) is 12.2 Å². The smallest absolute Gasteiger partial charge is 0.160 e. The third-order valence-electron chi connectivity index (χ3n) is 6.19. The van der Waals surface area contributed by atoms with E-state index in [4.69, 9.17) is 0 Å². The van der Waals surface area contributed by atoms with Gasteiger partial charge >= 0.3 is 0 Å². The van der Waals surface area contributed by atoms with Crippen LogP contribution < -0.4 is 30.2 Å². The molecule has 0 N–H and O–H groups in total. The molecule has 2 aromatic carbocycles. The van der Waals surface area contributed by atoms with Crippen LogP contribution >= 0.6 is 0 Å². The molecule has 0 amide bonds. The average molecular weight is 687 g/mol. The monoisotopic (exact) mass is 686 g/mol. The fourth-order valence-corrected chi connectivity index (χ4v) is 2.59. The first-order valence-corrected chi connectivity index (χ1v) is 15.3. The summed E-state index contributed by atoms with van der Waals surface area (Å²) in [6, 6.07) is 13.5. The van der Waals surface area contributed by atoms with Crippen LogP contribution in [0.15, 0.2) is 72.2 Å². The summed E-state index contributed by atoms with van der Waals surface area (Å²) in [5, 5.41) is 44.1. The fraction of sp³-hybridized carbons (Fsp3) is 0.526. The van der Waals surface area contributed by atoms with Crippen LogP contribution in [0.25, 0.3) is 0 Å². The molecule has 0 aromatic heterocycles. The number of carbonyl (C=O) groups excluding carboxylic acids is 2. The van der Waals surface area contributed by atoms with E-state index in [-0.39, 0.29) is 56.3 Å². The summed E-state index contributed by atoms with van der Waals surface area (Å²) in [4.78, 5) is 26.8. The van der Waals surface area contributed by atoms with Gasteiger partial charge in [-0.25, -0.2) is 0 Å². The van der Waals surface area contributed by atoms with Crippen molar-refractivity contribution in [2.75, 3.05) is 38.0 Å². The van der Waals surface area contributed by atoms with Gasteiger partial charge in [0.2, 0.25) is 0 Å². The van der Waals surface area contributed by atoms with E-state index in [1.54, 1.807) is 24.3 Å². The minimum atomic E-state index is -0.457. The predicted octanol–water partition coefficient (Wildman–Crippen LogP) is 5.43. The normalized spacial score (nSPS) is 12.0. The van der Waals surface area contributed by atoms with Gasteiger partial charge in [-0.05, 0) is 47.2 Å². The van der Waals surface area contributed by atoms with E-state index >= 15 is 0 Å². The maximum Gasteiger partial charge on any atom is 0.160 e. The van der Waals surface area contributed by atoms with Crippen LogP contribution in [0.2, 0.25) is 0 Å². The molecule has 0 aliphatic carbocycles. The van der Waals surface area contributed by atoms with E-state index in [9.17, 15) is 30.0 Å². The van der Waals surface area contributed by atoms with Crippen LogP contribution in [0.1, 0.15) is 83.1 Å². The Kier molecular flexibility index (Phi) is 20.7. The first-order chi connectivity index (χ1) is 20.5.